The Bertz CT molecular complexity index is 1380. The van der Waals surface area contributed by atoms with Crippen molar-refractivity contribution in [3.63, 3.8) is 0 Å². The molecule has 0 radical (unpaired) electrons. The van der Waals surface area contributed by atoms with E-state index in [4.69, 9.17) is 0 Å². The number of halogens is 2. The van der Waals surface area contributed by atoms with Gasteiger partial charge in [0.15, 0.2) is 0 Å². The van der Waals surface area contributed by atoms with Crippen LogP contribution < -0.4 is 10.6 Å². The normalized spacial score (nSPS) is 15.4. The summed E-state index contributed by atoms with van der Waals surface area (Å²) in [4.78, 5) is 26.2. The molecular formula is C25H24F2N6O. The number of hydrogen-bond acceptors (Lipinski definition) is 5. The summed E-state index contributed by atoms with van der Waals surface area (Å²) in [6.07, 6.45) is 3.44. The number of aryl methyl sites for hydroxylation is 2. The van der Waals surface area contributed by atoms with Crippen molar-refractivity contribution < 1.29 is 13.6 Å². The van der Waals surface area contributed by atoms with Gasteiger partial charge in [0.25, 0.3) is 5.91 Å². The number of pyridine rings is 2. The molecule has 1 unspecified atom stereocenters. The maximum absolute atomic E-state index is 13.2. The van der Waals surface area contributed by atoms with Gasteiger partial charge in [0, 0.05) is 61.0 Å². The van der Waals surface area contributed by atoms with Crippen molar-refractivity contribution in [2.45, 2.75) is 32.7 Å². The number of benzene rings is 1. The molecule has 9 heteroatoms. The molecule has 0 fully saturated rings. The van der Waals surface area contributed by atoms with Crippen molar-refractivity contribution >= 4 is 28.3 Å². The average molecular weight is 463 g/mol. The highest BCUT2D eigenvalue weighted by Gasteiger charge is 2.29. The lowest BCUT2D eigenvalue weighted by atomic mass is 9.99. The first-order valence-electron chi connectivity index (χ1n) is 11.1. The van der Waals surface area contributed by atoms with Crippen LogP contribution in [0.4, 0.5) is 20.3 Å². The predicted octanol–water partition coefficient (Wildman–Crippen LogP) is 4.92. The molecular weight excluding hydrogens is 438 g/mol. The zero-order chi connectivity index (χ0) is 23.8. The van der Waals surface area contributed by atoms with Crippen LogP contribution >= 0.6 is 0 Å². The second kappa shape index (κ2) is 8.81. The highest BCUT2D eigenvalue weighted by Crippen LogP contribution is 2.30. The molecule has 174 valence electrons. The highest BCUT2D eigenvalue weighted by atomic mass is 19.3. The summed E-state index contributed by atoms with van der Waals surface area (Å²) in [5.74, 6) is 0.279. The van der Waals surface area contributed by atoms with Crippen LogP contribution in [0, 0.1) is 12.8 Å². The molecule has 4 heterocycles. The maximum atomic E-state index is 13.2. The number of rotatable bonds is 5. The molecule has 1 aliphatic rings. The molecule has 3 aromatic heterocycles. The highest BCUT2D eigenvalue weighted by molar-refractivity contribution is 6.03. The van der Waals surface area contributed by atoms with Gasteiger partial charge in [0.05, 0.1) is 11.7 Å². The van der Waals surface area contributed by atoms with Crippen molar-refractivity contribution in [1.29, 1.82) is 0 Å². The SMILES string of the molecule is CNc1cc2ncc(-c3cc(NC(=O)c4cnc5n4CC(C(F)F)CC5)ccc3C)cc2cn1. The van der Waals surface area contributed by atoms with Gasteiger partial charge < -0.3 is 15.2 Å². The molecule has 34 heavy (non-hydrogen) atoms. The van der Waals surface area contributed by atoms with E-state index in [1.807, 2.05) is 44.3 Å². The molecule has 0 saturated heterocycles. The Morgan fingerprint density at radius 1 is 1.12 bits per heavy atom. The van der Waals surface area contributed by atoms with E-state index < -0.39 is 12.3 Å². The van der Waals surface area contributed by atoms with Gasteiger partial charge in [-0.05, 0) is 42.7 Å². The lowest BCUT2D eigenvalue weighted by molar-refractivity contribution is 0.0551. The van der Waals surface area contributed by atoms with E-state index in [0.29, 0.717) is 30.0 Å². The van der Waals surface area contributed by atoms with Crippen molar-refractivity contribution in [2.24, 2.45) is 5.92 Å². The van der Waals surface area contributed by atoms with Gasteiger partial charge in [-0.3, -0.25) is 9.78 Å². The molecule has 1 amide bonds. The first-order valence-corrected chi connectivity index (χ1v) is 11.1. The Morgan fingerprint density at radius 2 is 1.97 bits per heavy atom. The van der Waals surface area contributed by atoms with Gasteiger partial charge in [-0.1, -0.05) is 6.07 Å². The minimum Gasteiger partial charge on any atom is -0.373 e. The van der Waals surface area contributed by atoms with E-state index in [1.54, 1.807) is 17.0 Å². The molecule has 4 aromatic rings. The zero-order valence-electron chi connectivity index (χ0n) is 18.8. The third-order valence-electron chi connectivity index (χ3n) is 6.31. The van der Waals surface area contributed by atoms with E-state index >= 15 is 0 Å². The van der Waals surface area contributed by atoms with Gasteiger partial charge >= 0.3 is 0 Å². The summed E-state index contributed by atoms with van der Waals surface area (Å²) in [5.41, 5.74) is 4.59. The molecule has 5 rings (SSSR count). The maximum Gasteiger partial charge on any atom is 0.273 e. The second-order valence-corrected chi connectivity index (χ2v) is 8.52. The summed E-state index contributed by atoms with van der Waals surface area (Å²) in [7, 11) is 1.81. The van der Waals surface area contributed by atoms with Crippen molar-refractivity contribution in [2.75, 3.05) is 17.7 Å². The summed E-state index contributed by atoms with van der Waals surface area (Å²) in [5, 5.41) is 6.81. The van der Waals surface area contributed by atoms with Crippen LogP contribution in [0.2, 0.25) is 0 Å². The number of imidazole rings is 1. The average Bonchev–Trinajstić information content (AvgIpc) is 3.28. The molecule has 1 aromatic carbocycles. The fraction of sp³-hybridized carbons (Fsp3) is 0.280. The number of carbonyl (C=O) groups excluding carboxylic acids is 1. The molecule has 1 atom stereocenters. The number of fused-ring (bicyclic) bond motifs is 2. The Morgan fingerprint density at radius 3 is 2.76 bits per heavy atom. The molecule has 0 saturated carbocycles. The van der Waals surface area contributed by atoms with E-state index in [-0.39, 0.29) is 12.5 Å². The largest absolute Gasteiger partial charge is 0.373 e. The number of anilines is 2. The van der Waals surface area contributed by atoms with Crippen LogP contribution in [0.1, 0.15) is 28.3 Å². The standard InChI is InChI=1S/C25H24F2N6O/c1-14-3-5-18(8-19(14)16-7-17-11-30-22(28-2)9-20(17)29-10-16)32-25(34)21-12-31-23-6-4-15(24(26)27)13-33(21)23/h3,5,7-12,15,24H,4,6,13H2,1-2H3,(H,28,30)(H,32,34). The Hall–Kier alpha value is -3.88. The fourth-order valence-electron chi connectivity index (χ4n) is 4.36. The number of nitrogens with one attached hydrogen (secondary N) is 2. The Labute approximate surface area is 195 Å². The van der Waals surface area contributed by atoms with Crippen molar-refractivity contribution in [1.82, 2.24) is 19.5 Å². The van der Waals surface area contributed by atoms with Crippen LogP contribution in [-0.2, 0) is 13.0 Å². The van der Waals surface area contributed by atoms with Crippen LogP contribution in [0.25, 0.3) is 22.0 Å². The van der Waals surface area contributed by atoms with Gasteiger partial charge in [-0.25, -0.2) is 18.7 Å². The Balaban J connectivity index is 1.41. The molecule has 1 aliphatic heterocycles. The number of aromatic nitrogens is 4. The van der Waals surface area contributed by atoms with Crippen LogP contribution in [0.3, 0.4) is 0 Å². The zero-order valence-corrected chi connectivity index (χ0v) is 18.8. The first kappa shape index (κ1) is 21.9. The first-order chi connectivity index (χ1) is 16.4. The lowest BCUT2D eigenvalue weighted by Gasteiger charge is -2.24. The number of alkyl halides is 2. The van der Waals surface area contributed by atoms with Gasteiger partial charge in [-0.2, -0.15) is 0 Å². The minimum atomic E-state index is -2.42. The predicted molar refractivity (Wildman–Crippen MR) is 127 cm³/mol. The quantitative estimate of drug-likeness (QED) is 0.440. The van der Waals surface area contributed by atoms with Crippen LogP contribution in [0.5, 0.6) is 0 Å². The minimum absolute atomic E-state index is 0.0982. The smallest absolute Gasteiger partial charge is 0.273 e. The van der Waals surface area contributed by atoms with Crippen molar-refractivity contribution in [3.05, 3.63) is 66.0 Å². The summed E-state index contributed by atoms with van der Waals surface area (Å²) < 4.78 is 28.1. The van der Waals surface area contributed by atoms with E-state index in [1.165, 1.54) is 6.20 Å². The Kier molecular flexibility index (Phi) is 5.69. The third-order valence-corrected chi connectivity index (χ3v) is 6.31. The summed E-state index contributed by atoms with van der Waals surface area (Å²) in [6, 6.07) is 9.53. The molecule has 0 spiro atoms. The molecule has 0 aliphatic carbocycles. The number of amides is 1. The summed E-state index contributed by atoms with van der Waals surface area (Å²) in [6.45, 7) is 2.09. The molecule has 7 nitrogen and oxygen atoms in total. The number of carbonyl (C=O) groups is 1. The third kappa shape index (κ3) is 4.09. The van der Waals surface area contributed by atoms with Gasteiger partial charge in [0.2, 0.25) is 6.43 Å². The monoisotopic (exact) mass is 462 g/mol. The number of hydrogen-bond donors (Lipinski definition) is 2. The summed E-state index contributed by atoms with van der Waals surface area (Å²) >= 11 is 0. The van der Waals surface area contributed by atoms with Crippen molar-refractivity contribution in [3.8, 4) is 11.1 Å². The molecule has 2 N–H and O–H groups in total. The topological polar surface area (TPSA) is 84.7 Å². The lowest BCUT2D eigenvalue weighted by Crippen LogP contribution is -2.28. The second-order valence-electron chi connectivity index (χ2n) is 8.52. The fourth-order valence-corrected chi connectivity index (χ4v) is 4.36. The van der Waals surface area contributed by atoms with E-state index in [0.717, 1.165) is 33.4 Å². The van der Waals surface area contributed by atoms with Crippen LogP contribution in [-0.4, -0.2) is 38.9 Å². The van der Waals surface area contributed by atoms with E-state index in [9.17, 15) is 13.6 Å². The van der Waals surface area contributed by atoms with Gasteiger partial charge in [-0.15, -0.1) is 0 Å². The number of nitrogens with zero attached hydrogens (tertiary/aromatic N) is 4. The van der Waals surface area contributed by atoms with E-state index in [2.05, 4.69) is 25.6 Å². The molecule has 0 bridgehead atoms. The van der Waals surface area contributed by atoms with Gasteiger partial charge in [0.1, 0.15) is 17.3 Å². The van der Waals surface area contributed by atoms with Crippen LogP contribution in [0.15, 0.2) is 48.9 Å².